The molecule has 2 aliphatic carbocycles. The Balaban J connectivity index is 2.51. The van der Waals surface area contributed by atoms with Gasteiger partial charge in [0, 0.05) is 5.41 Å². The Bertz CT molecular complexity index is 291. The van der Waals surface area contributed by atoms with Crippen molar-refractivity contribution in [1.82, 2.24) is 0 Å². The summed E-state index contributed by atoms with van der Waals surface area (Å²) in [5, 5.41) is 19.3. The summed E-state index contributed by atoms with van der Waals surface area (Å²) in [6, 6.07) is 2.12. The first-order valence-electron chi connectivity index (χ1n) is 5.01. The van der Waals surface area contributed by atoms with Gasteiger partial charge in [-0.15, -0.1) is 0 Å². The maximum Gasteiger partial charge on any atom is 0.157 e. The van der Waals surface area contributed by atoms with Crippen LogP contribution in [0.5, 0.6) is 0 Å². The Hall–Kier alpha value is -0.550. The lowest BCUT2D eigenvalue weighted by atomic mass is 9.65. The summed E-state index contributed by atoms with van der Waals surface area (Å²) < 4.78 is 0. The van der Waals surface area contributed by atoms with Gasteiger partial charge in [0.25, 0.3) is 0 Å². The molecule has 3 atom stereocenters. The van der Waals surface area contributed by atoms with Crippen LogP contribution >= 0.6 is 0 Å². The van der Waals surface area contributed by atoms with Gasteiger partial charge in [-0.3, -0.25) is 0 Å². The minimum atomic E-state index is -1.07. The van der Waals surface area contributed by atoms with E-state index in [0.717, 1.165) is 6.42 Å². The van der Waals surface area contributed by atoms with E-state index >= 15 is 0 Å². The molecule has 1 N–H and O–H groups in total. The van der Waals surface area contributed by atoms with Gasteiger partial charge in [-0.05, 0) is 30.6 Å². The van der Waals surface area contributed by atoms with Crippen LogP contribution in [0.1, 0.15) is 40.0 Å². The molecule has 0 heterocycles. The Labute approximate surface area is 79.6 Å². The van der Waals surface area contributed by atoms with Crippen LogP contribution < -0.4 is 0 Å². The Morgan fingerprint density at radius 3 is 2.23 bits per heavy atom. The average Bonchev–Trinajstić information content (AvgIpc) is 2.36. The van der Waals surface area contributed by atoms with Gasteiger partial charge in [0.15, 0.2) is 5.60 Å². The SMILES string of the molecule is CC1(C)[C@@H]2CC[C@@]1(C)[C@](O)(C#N)C2. The van der Waals surface area contributed by atoms with Crippen molar-refractivity contribution in [2.24, 2.45) is 16.7 Å². The van der Waals surface area contributed by atoms with Crippen LogP contribution in [0.2, 0.25) is 0 Å². The first-order chi connectivity index (χ1) is 5.87. The van der Waals surface area contributed by atoms with Crippen LogP contribution in [0.3, 0.4) is 0 Å². The van der Waals surface area contributed by atoms with Crippen molar-refractivity contribution >= 4 is 0 Å². The molecule has 0 amide bonds. The van der Waals surface area contributed by atoms with Crippen molar-refractivity contribution in [1.29, 1.82) is 5.26 Å². The largest absolute Gasteiger partial charge is 0.375 e. The fourth-order valence-electron chi connectivity index (χ4n) is 3.44. The zero-order valence-electron chi connectivity index (χ0n) is 8.59. The lowest BCUT2D eigenvalue weighted by Gasteiger charge is -2.40. The summed E-state index contributed by atoms with van der Waals surface area (Å²) in [7, 11) is 0. The summed E-state index contributed by atoms with van der Waals surface area (Å²) in [4.78, 5) is 0. The van der Waals surface area contributed by atoms with Crippen LogP contribution in [-0.2, 0) is 0 Å². The molecule has 13 heavy (non-hydrogen) atoms. The summed E-state index contributed by atoms with van der Waals surface area (Å²) in [6.07, 6.45) is 2.84. The van der Waals surface area contributed by atoms with Crippen LogP contribution in [0.25, 0.3) is 0 Å². The molecule has 2 saturated carbocycles. The van der Waals surface area contributed by atoms with E-state index < -0.39 is 5.60 Å². The molecule has 2 heteroatoms. The van der Waals surface area contributed by atoms with Gasteiger partial charge >= 0.3 is 0 Å². The minimum Gasteiger partial charge on any atom is -0.375 e. The van der Waals surface area contributed by atoms with E-state index in [0.29, 0.717) is 12.3 Å². The molecule has 2 bridgehead atoms. The number of fused-ring (bicyclic) bond motifs is 2. The number of nitrogens with zero attached hydrogens (tertiary/aromatic N) is 1. The van der Waals surface area contributed by atoms with Crippen molar-refractivity contribution in [2.75, 3.05) is 0 Å². The number of hydrogen-bond acceptors (Lipinski definition) is 2. The van der Waals surface area contributed by atoms with Crippen molar-refractivity contribution < 1.29 is 5.11 Å². The fourth-order valence-corrected chi connectivity index (χ4v) is 3.44. The minimum absolute atomic E-state index is 0.123. The van der Waals surface area contributed by atoms with E-state index in [4.69, 9.17) is 5.26 Å². The van der Waals surface area contributed by atoms with Gasteiger partial charge in [-0.2, -0.15) is 5.26 Å². The van der Waals surface area contributed by atoms with Crippen LogP contribution in [0.15, 0.2) is 0 Å². The van der Waals surface area contributed by atoms with E-state index in [1.54, 1.807) is 0 Å². The van der Waals surface area contributed by atoms with Gasteiger partial charge in [-0.1, -0.05) is 20.8 Å². The third kappa shape index (κ3) is 0.729. The summed E-state index contributed by atoms with van der Waals surface area (Å²) in [6.45, 7) is 6.46. The van der Waals surface area contributed by atoms with E-state index in [9.17, 15) is 5.11 Å². The zero-order chi connectivity index (χ0) is 9.91. The number of hydrogen-bond donors (Lipinski definition) is 1. The molecule has 2 rings (SSSR count). The summed E-state index contributed by atoms with van der Waals surface area (Å²) in [5.74, 6) is 0.530. The van der Waals surface area contributed by atoms with Crippen molar-refractivity contribution in [3.05, 3.63) is 0 Å². The first kappa shape index (κ1) is 9.02. The van der Waals surface area contributed by atoms with Crippen LogP contribution in [0, 0.1) is 28.1 Å². The van der Waals surface area contributed by atoms with Gasteiger partial charge in [0.05, 0.1) is 6.07 Å². The van der Waals surface area contributed by atoms with Crippen molar-refractivity contribution in [3.8, 4) is 6.07 Å². The highest BCUT2D eigenvalue weighted by atomic mass is 16.3. The molecule has 2 aliphatic rings. The predicted octanol–water partition coefficient (Wildman–Crippen LogP) is 2.09. The molecule has 0 aromatic rings. The normalized spacial score (nSPS) is 52.1. The molecule has 72 valence electrons. The monoisotopic (exact) mass is 179 g/mol. The standard InChI is InChI=1S/C11H17NO/c1-9(2)8-4-5-10(9,3)11(13,6-8)7-12/h8,13H,4-6H2,1-3H3/t8-,10-,11-/m1/s1. The van der Waals surface area contributed by atoms with Gasteiger partial charge in [-0.25, -0.2) is 0 Å². The van der Waals surface area contributed by atoms with E-state index in [-0.39, 0.29) is 10.8 Å². The lowest BCUT2D eigenvalue weighted by molar-refractivity contribution is -0.0448. The smallest absolute Gasteiger partial charge is 0.157 e. The fraction of sp³-hybridized carbons (Fsp3) is 0.909. The Morgan fingerprint density at radius 2 is 2.00 bits per heavy atom. The third-order valence-corrected chi connectivity index (χ3v) is 5.08. The topological polar surface area (TPSA) is 44.0 Å². The zero-order valence-corrected chi connectivity index (χ0v) is 8.59. The molecule has 2 fully saturated rings. The second kappa shape index (κ2) is 2.09. The summed E-state index contributed by atoms with van der Waals surface area (Å²) in [5.41, 5.74) is -1.14. The average molecular weight is 179 g/mol. The molecule has 0 aliphatic heterocycles. The molecular formula is C11H17NO. The quantitative estimate of drug-likeness (QED) is 0.579. The van der Waals surface area contributed by atoms with Crippen LogP contribution in [-0.4, -0.2) is 10.7 Å². The van der Waals surface area contributed by atoms with Crippen molar-refractivity contribution in [2.45, 2.75) is 45.6 Å². The molecule has 0 aromatic carbocycles. The highest BCUT2D eigenvalue weighted by Gasteiger charge is 2.68. The van der Waals surface area contributed by atoms with Crippen molar-refractivity contribution in [3.63, 3.8) is 0 Å². The van der Waals surface area contributed by atoms with Gasteiger partial charge in [0.2, 0.25) is 0 Å². The lowest BCUT2D eigenvalue weighted by Crippen LogP contribution is -2.45. The van der Waals surface area contributed by atoms with E-state index in [1.807, 2.05) is 0 Å². The number of nitriles is 1. The molecular weight excluding hydrogens is 162 g/mol. The predicted molar refractivity (Wildman–Crippen MR) is 49.8 cm³/mol. The highest BCUT2D eigenvalue weighted by molar-refractivity contribution is 5.25. The van der Waals surface area contributed by atoms with E-state index in [2.05, 4.69) is 26.8 Å². The summed E-state index contributed by atoms with van der Waals surface area (Å²) >= 11 is 0. The number of aliphatic hydroxyl groups is 1. The van der Waals surface area contributed by atoms with Gasteiger partial charge < -0.3 is 5.11 Å². The Morgan fingerprint density at radius 1 is 1.38 bits per heavy atom. The number of rotatable bonds is 0. The first-order valence-corrected chi connectivity index (χ1v) is 5.01. The second-order valence-corrected chi connectivity index (χ2v) is 5.47. The molecule has 0 spiro atoms. The maximum atomic E-state index is 10.2. The molecule has 0 unspecified atom stereocenters. The molecule has 0 aromatic heterocycles. The molecule has 0 radical (unpaired) electrons. The molecule has 0 saturated heterocycles. The Kier molecular flexibility index (Phi) is 1.45. The highest BCUT2D eigenvalue weighted by Crippen LogP contribution is 2.69. The molecule has 2 nitrogen and oxygen atoms in total. The van der Waals surface area contributed by atoms with Crippen LogP contribution in [0.4, 0.5) is 0 Å². The van der Waals surface area contributed by atoms with E-state index in [1.165, 1.54) is 6.42 Å². The second-order valence-electron chi connectivity index (χ2n) is 5.47. The third-order valence-electron chi connectivity index (χ3n) is 5.08. The maximum absolute atomic E-state index is 10.2. The van der Waals surface area contributed by atoms with Gasteiger partial charge in [0.1, 0.15) is 0 Å².